The van der Waals surface area contributed by atoms with Crippen LogP contribution in [0.1, 0.15) is 10.4 Å². The van der Waals surface area contributed by atoms with Crippen molar-refractivity contribution in [2.75, 3.05) is 0 Å². The summed E-state index contributed by atoms with van der Waals surface area (Å²) in [5.41, 5.74) is 0.689. The second kappa shape index (κ2) is 4.66. The average Bonchev–Trinajstić information content (AvgIpc) is 2.33. The number of aromatic nitrogens is 1. The topological polar surface area (TPSA) is 59.3 Å². The van der Waals surface area contributed by atoms with Crippen LogP contribution < -0.4 is 5.56 Å². The van der Waals surface area contributed by atoms with E-state index in [0.29, 0.717) is 10.6 Å². The van der Waals surface area contributed by atoms with E-state index in [9.17, 15) is 9.59 Å². The van der Waals surface area contributed by atoms with Gasteiger partial charge in [0.25, 0.3) is 5.56 Å². The SMILES string of the molecule is Cn1cc(-c2ccc(Cl)cc2)cc(C(=O)O)c1=O. The first-order chi connectivity index (χ1) is 8.49. The number of carboxylic acids is 1. The Morgan fingerprint density at radius 2 is 1.83 bits per heavy atom. The van der Waals surface area contributed by atoms with Crippen molar-refractivity contribution in [3.8, 4) is 11.1 Å². The van der Waals surface area contributed by atoms with Crippen molar-refractivity contribution in [3.63, 3.8) is 0 Å². The van der Waals surface area contributed by atoms with Gasteiger partial charge in [-0.1, -0.05) is 23.7 Å². The maximum Gasteiger partial charge on any atom is 0.341 e. The zero-order valence-corrected chi connectivity index (χ0v) is 10.3. The van der Waals surface area contributed by atoms with Gasteiger partial charge in [0.2, 0.25) is 0 Å². The molecule has 1 aromatic carbocycles. The molecule has 1 heterocycles. The highest BCUT2D eigenvalue weighted by Gasteiger charge is 2.12. The first-order valence-corrected chi connectivity index (χ1v) is 5.57. The molecular weight excluding hydrogens is 254 g/mol. The van der Waals surface area contributed by atoms with Crippen molar-refractivity contribution in [3.05, 3.63) is 57.5 Å². The predicted molar refractivity (Wildman–Crippen MR) is 69.1 cm³/mol. The molecule has 0 amide bonds. The van der Waals surface area contributed by atoms with Crippen molar-refractivity contribution < 1.29 is 9.90 Å². The normalized spacial score (nSPS) is 10.3. The van der Waals surface area contributed by atoms with E-state index < -0.39 is 11.5 Å². The van der Waals surface area contributed by atoms with E-state index in [0.717, 1.165) is 5.56 Å². The van der Waals surface area contributed by atoms with Gasteiger partial charge >= 0.3 is 5.97 Å². The second-order valence-electron chi connectivity index (χ2n) is 3.87. The lowest BCUT2D eigenvalue weighted by Gasteiger charge is -2.06. The lowest BCUT2D eigenvalue weighted by molar-refractivity contribution is 0.0694. The third-order valence-electron chi connectivity index (χ3n) is 2.59. The molecule has 2 rings (SSSR count). The van der Waals surface area contributed by atoms with Crippen LogP contribution in [-0.4, -0.2) is 15.6 Å². The molecule has 2 aromatic rings. The van der Waals surface area contributed by atoms with Crippen LogP contribution in [0.15, 0.2) is 41.3 Å². The molecule has 1 aromatic heterocycles. The van der Waals surface area contributed by atoms with Gasteiger partial charge in [-0.15, -0.1) is 0 Å². The van der Waals surface area contributed by atoms with Crippen LogP contribution in [0.25, 0.3) is 11.1 Å². The third-order valence-corrected chi connectivity index (χ3v) is 2.84. The maximum atomic E-state index is 11.6. The standard InChI is InChI=1S/C13H10ClNO3/c1-15-7-9(6-11(12(15)16)13(17)18)8-2-4-10(14)5-3-8/h2-7H,1H3,(H,17,18). The Hall–Kier alpha value is -2.07. The summed E-state index contributed by atoms with van der Waals surface area (Å²) in [4.78, 5) is 22.6. The zero-order valence-electron chi connectivity index (χ0n) is 9.55. The van der Waals surface area contributed by atoms with Crippen LogP contribution >= 0.6 is 11.6 Å². The van der Waals surface area contributed by atoms with Crippen molar-refractivity contribution in [1.29, 1.82) is 0 Å². The molecule has 0 spiro atoms. The van der Waals surface area contributed by atoms with Gasteiger partial charge < -0.3 is 9.67 Å². The number of hydrogen-bond donors (Lipinski definition) is 1. The number of carbonyl (C=O) groups is 1. The van der Waals surface area contributed by atoms with Crippen molar-refractivity contribution >= 4 is 17.6 Å². The van der Waals surface area contributed by atoms with Crippen molar-refractivity contribution in [2.45, 2.75) is 0 Å². The minimum Gasteiger partial charge on any atom is -0.477 e. The number of halogens is 1. The minimum atomic E-state index is -1.23. The molecule has 4 nitrogen and oxygen atoms in total. The first-order valence-electron chi connectivity index (χ1n) is 5.19. The van der Waals surface area contributed by atoms with E-state index in [-0.39, 0.29) is 5.56 Å². The summed E-state index contributed by atoms with van der Waals surface area (Å²) in [6.07, 6.45) is 1.60. The Balaban J connectivity index is 2.62. The summed E-state index contributed by atoms with van der Waals surface area (Å²) >= 11 is 5.79. The molecule has 0 fully saturated rings. The molecule has 0 unspecified atom stereocenters. The quantitative estimate of drug-likeness (QED) is 0.905. The number of aryl methyl sites for hydroxylation is 1. The molecule has 18 heavy (non-hydrogen) atoms. The van der Waals surface area contributed by atoms with Gasteiger partial charge in [-0.25, -0.2) is 4.79 Å². The molecule has 0 saturated carbocycles. The second-order valence-corrected chi connectivity index (χ2v) is 4.31. The van der Waals surface area contributed by atoms with E-state index in [1.54, 1.807) is 30.5 Å². The monoisotopic (exact) mass is 263 g/mol. The molecule has 0 bridgehead atoms. The molecule has 0 atom stereocenters. The van der Waals surface area contributed by atoms with Gasteiger partial charge in [0, 0.05) is 18.3 Å². The van der Waals surface area contributed by atoms with Crippen LogP contribution in [0.4, 0.5) is 0 Å². The van der Waals surface area contributed by atoms with Crippen LogP contribution in [0.5, 0.6) is 0 Å². The van der Waals surface area contributed by atoms with Gasteiger partial charge in [0.1, 0.15) is 5.56 Å². The van der Waals surface area contributed by atoms with Crippen molar-refractivity contribution in [1.82, 2.24) is 4.57 Å². The Morgan fingerprint density at radius 1 is 1.22 bits per heavy atom. The van der Waals surface area contributed by atoms with Crippen molar-refractivity contribution in [2.24, 2.45) is 7.05 Å². The van der Waals surface area contributed by atoms with Crippen LogP contribution in [0, 0.1) is 0 Å². The van der Waals surface area contributed by atoms with E-state index in [1.165, 1.54) is 17.7 Å². The largest absolute Gasteiger partial charge is 0.477 e. The summed E-state index contributed by atoms with van der Waals surface area (Å²) in [5, 5.41) is 9.57. The number of rotatable bonds is 2. The Labute approximate surface area is 108 Å². The molecule has 0 aliphatic rings. The molecule has 0 aliphatic carbocycles. The lowest BCUT2D eigenvalue weighted by atomic mass is 10.1. The van der Waals surface area contributed by atoms with E-state index in [2.05, 4.69) is 0 Å². The highest BCUT2D eigenvalue weighted by Crippen LogP contribution is 2.21. The van der Waals surface area contributed by atoms with Crippen LogP contribution in [-0.2, 0) is 7.05 Å². The Kier molecular flexibility index (Phi) is 3.21. The highest BCUT2D eigenvalue weighted by molar-refractivity contribution is 6.30. The van der Waals surface area contributed by atoms with Crippen LogP contribution in [0.3, 0.4) is 0 Å². The number of nitrogens with zero attached hydrogens (tertiary/aromatic N) is 1. The molecule has 0 radical (unpaired) electrons. The number of carboxylic acid groups (broad SMARTS) is 1. The average molecular weight is 264 g/mol. The van der Waals surface area contributed by atoms with E-state index >= 15 is 0 Å². The molecule has 0 saturated heterocycles. The Morgan fingerprint density at radius 3 is 2.39 bits per heavy atom. The molecule has 5 heteroatoms. The molecule has 92 valence electrons. The fourth-order valence-corrected chi connectivity index (χ4v) is 1.79. The first kappa shape index (κ1) is 12.4. The number of hydrogen-bond acceptors (Lipinski definition) is 2. The van der Waals surface area contributed by atoms with Crippen LogP contribution in [0.2, 0.25) is 5.02 Å². The highest BCUT2D eigenvalue weighted by atomic mass is 35.5. The number of benzene rings is 1. The van der Waals surface area contributed by atoms with Gasteiger partial charge in [0.05, 0.1) is 0 Å². The molecular formula is C13H10ClNO3. The van der Waals surface area contributed by atoms with Gasteiger partial charge in [-0.2, -0.15) is 0 Å². The number of pyridine rings is 1. The summed E-state index contributed by atoms with van der Waals surface area (Å²) in [5.74, 6) is -1.23. The lowest BCUT2D eigenvalue weighted by Crippen LogP contribution is -2.23. The summed E-state index contributed by atoms with van der Waals surface area (Å²) in [7, 11) is 1.52. The summed E-state index contributed by atoms with van der Waals surface area (Å²) < 4.78 is 1.26. The van der Waals surface area contributed by atoms with E-state index in [1.807, 2.05) is 0 Å². The summed E-state index contributed by atoms with van der Waals surface area (Å²) in [6.45, 7) is 0. The Bertz CT molecular complexity index is 659. The van der Waals surface area contributed by atoms with Gasteiger partial charge in [-0.05, 0) is 29.3 Å². The zero-order chi connectivity index (χ0) is 13.3. The third kappa shape index (κ3) is 2.28. The van der Waals surface area contributed by atoms with Gasteiger partial charge in [-0.3, -0.25) is 4.79 Å². The summed E-state index contributed by atoms with van der Waals surface area (Å²) in [6, 6.07) is 8.33. The van der Waals surface area contributed by atoms with E-state index in [4.69, 9.17) is 16.7 Å². The minimum absolute atomic E-state index is 0.245. The predicted octanol–water partition coefficient (Wildman–Crippen LogP) is 2.40. The number of aromatic carboxylic acids is 1. The fraction of sp³-hybridized carbons (Fsp3) is 0.0769. The molecule has 0 aliphatic heterocycles. The fourth-order valence-electron chi connectivity index (χ4n) is 1.67. The van der Waals surface area contributed by atoms with Gasteiger partial charge in [0.15, 0.2) is 0 Å². The maximum absolute atomic E-state index is 11.6. The molecule has 1 N–H and O–H groups in total. The smallest absolute Gasteiger partial charge is 0.341 e.